The van der Waals surface area contributed by atoms with Crippen LogP contribution >= 0.6 is 0 Å². The summed E-state index contributed by atoms with van der Waals surface area (Å²) in [4.78, 5) is 0. The van der Waals surface area contributed by atoms with Crippen LogP contribution in [-0.4, -0.2) is 39.6 Å². The summed E-state index contributed by atoms with van der Waals surface area (Å²) in [6.45, 7) is 17.2. The zero-order valence-electron chi connectivity index (χ0n) is 60.3. The molecule has 0 saturated carbocycles. The highest BCUT2D eigenvalue weighted by molar-refractivity contribution is 5.65. The first-order valence-electron chi connectivity index (χ1n) is 38.7. The lowest BCUT2D eigenvalue weighted by Gasteiger charge is -2.15. The number of ether oxygens (including phenoxy) is 6. The van der Waals surface area contributed by atoms with Gasteiger partial charge in [0.25, 0.3) is 0 Å². The van der Waals surface area contributed by atoms with Crippen LogP contribution in [0.4, 0.5) is 0 Å². The Morgan fingerprint density at radius 3 is 0.478 bits per heavy atom. The molecule has 0 bridgehead atoms. The Labute approximate surface area is 567 Å². The Balaban J connectivity index is 2.18. The van der Waals surface area contributed by atoms with Crippen molar-refractivity contribution in [3.05, 3.63) is 69.8 Å². The highest BCUT2D eigenvalue weighted by Gasteiger charge is 2.16. The van der Waals surface area contributed by atoms with E-state index in [0.29, 0.717) is 85.3 Å². The molecule has 0 fully saturated rings. The Kier molecular flexibility index (Phi) is 51.3. The van der Waals surface area contributed by atoms with Crippen molar-refractivity contribution in [1.82, 2.24) is 0 Å². The van der Waals surface area contributed by atoms with Crippen LogP contribution in [0, 0.1) is 48.4 Å². The van der Waals surface area contributed by atoms with E-state index >= 15 is 0 Å². The Morgan fingerprint density at radius 1 is 0.196 bits per heavy atom. The standard InChI is InChI=1S/C86H134O6/c1-9-17-23-29-35-41-47-53-63-87-81-71-77(83(69-75(81)15-7)89-65-55-49-43-37-31-25-19-11-3)59-61-79-73-86(92-68-58-52-46-40-34-28-22-14-6)80(74-85(79)91-67-57-51-45-39-33-27-21-13-5)62-60-78-72-82(88-64-54-48-42-36-30-24-18-10-2)76(16-8)70-84(78)90-66-56-50-44-38-32-26-20-12-4/h7-8,69-74H,9-14,17-58,63-68H2,1-6H3. The highest BCUT2D eigenvalue weighted by Crippen LogP contribution is 2.34. The average Bonchev–Trinajstić information content (AvgIpc) is 0.930. The molecule has 0 aliphatic carbocycles. The molecule has 3 rings (SSSR count). The lowest BCUT2D eigenvalue weighted by molar-refractivity contribution is 0.294. The summed E-state index contributed by atoms with van der Waals surface area (Å²) in [5, 5.41) is 0. The molecule has 6 heteroatoms. The van der Waals surface area contributed by atoms with Gasteiger partial charge >= 0.3 is 0 Å². The predicted molar refractivity (Wildman–Crippen MR) is 396 cm³/mol. The van der Waals surface area contributed by atoms with Crippen molar-refractivity contribution in [3.63, 3.8) is 0 Å². The normalized spacial score (nSPS) is 10.9. The molecule has 0 amide bonds. The van der Waals surface area contributed by atoms with Crippen LogP contribution < -0.4 is 28.4 Å². The number of unbranched alkanes of at least 4 members (excludes halogenated alkanes) is 42. The van der Waals surface area contributed by atoms with E-state index in [9.17, 15) is 0 Å². The van der Waals surface area contributed by atoms with Crippen LogP contribution in [0.5, 0.6) is 34.5 Å². The zero-order chi connectivity index (χ0) is 65.8. The lowest BCUT2D eigenvalue weighted by Crippen LogP contribution is -2.04. The van der Waals surface area contributed by atoms with Gasteiger partial charge in [0.05, 0.1) is 73.0 Å². The minimum atomic E-state index is 0.569. The highest BCUT2D eigenvalue weighted by atomic mass is 16.5. The maximum Gasteiger partial charge on any atom is 0.136 e. The van der Waals surface area contributed by atoms with Crippen LogP contribution in [0.15, 0.2) is 36.4 Å². The van der Waals surface area contributed by atoms with Gasteiger partial charge in [-0.15, -0.1) is 12.8 Å². The molecule has 0 saturated heterocycles. The number of terminal acetylenes is 2. The molecule has 0 aromatic heterocycles. The third-order valence-corrected chi connectivity index (χ3v) is 17.8. The molecule has 0 aliphatic heterocycles. The molecule has 3 aromatic carbocycles. The van der Waals surface area contributed by atoms with E-state index in [4.69, 9.17) is 41.3 Å². The average molecular weight is 1260 g/mol. The minimum Gasteiger partial charge on any atom is -0.492 e. The fourth-order valence-electron chi connectivity index (χ4n) is 11.8. The molecule has 92 heavy (non-hydrogen) atoms. The summed E-state index contributed by atoms with van der Waals surface area (Å²) < 4.78 is 40.1. The summed E-state index contributed by atoms with van der Waals surface area (Å²) in [5.41, 5.74) is 4.33. The first-order chi connectivity index (χ1) is 45.5. The quantitative estimate of drug-likeness (QED) is 0.0415. The van der Waals surface area contributed by atoms with Gasteiger partial charge in [0.1, 0.15) is 34.5 Å². The topological polar surface area (TPSA) is 55.4 Å². The van der Waals surface area contributed by atoms with Gasteiger partial charge in [0.15, 0.2) is 0 Å². The second-order valence-corrected chi connectivity index (χ2v) is 26.3. The summed E-state index contributed by atoms with van der Waals surface area (Å²) in [6.07, 6.45) is 71.1. The largest absolute Gasteiger partial charge is 0.492 e. The van der Waals surface area contributed by atoms with E-state index in [1.54, 1.807) is 0 Å². The molecule has 3 aromatic rings. The minimum absolute atomic E-state index is 0.569. The molecule has 0 aliphatic rings. The van der Waals surface area contributed by atoms with Crippen LogP contribution in [0.3, 0.4) is 0 Å². The first kappa shape index (κ1) is 80.9. The van der Waals surface area contributed by atoms with Crippen molar-refractivity contribution in [3.8, 4) is 82.9 Å². The van der Waals surface area contributed by atoms with E-state index in [1.807, 2.05) is 24.3 Å². The van der Waals surface area contributed by atoms with E-state index < -0.39 is 0 Å². The van der Waals surface area contributed by atoms with Crippen LogP contribution in [-0.2, 0) is 0 Å². The van der Waals surface area contributed by atoms with Gasteiger partial charge in [-0.25, -0.2) is 0 Å². The maximum atomic E-state index is 6.86. The van der Waals surface area contributed by atoms with Gasteiger partial charge in [0, 0.05) is 36.4 Å². The van der Waals surface area contributed by atoms with Gasteiger partial charge in [-0.2, -0.15) is 0 Å². The van der Waals surface area contributed by atoms with Gasteiger partial charge in [-0.05, 0) is 38.5 Å². The van der Waals surface area contributed by atoms with Crippen molar-refractivity contribution < 1.29 is 28.4 Å². The second kappa shape index (κ2) is 58.3. The van der Waals surface area contributed by atoms with Gasteiger partial charge in [-0.3, -0.25) is 0 Å². The lowest BCUT2D eigenvalue weighted by atomic mass is 10.0. The summed E-state index contributed by atoms with van der Waals surface area (Å²) in [6, 6.07) is 12.0. The number of hydrogen-bond donors (Lipinski definition) is 0. The van der Waals surface area contributed by atoms with Gasteiger partial charge in [0.2, 0.25) is 0 Å². The molecular weight excluding hydrogens is 1130 g/mol. The molecule has 0 heterocycles. The van der Waals surface area contributed by atoms with Gasteiger partial charge in [-0.1, -0.05) is 347 Å². The molecule has 6 nitrogen and oxygen atoms in total. The van der Waals surface area contributed by atoms with Crippen LogP contribution in [0.1, 0.15) is 383 Å². The predicted octanol–water partition coefficient (Wildman–Crippen LogP) is 25.6. The van der Waals surface area contributed by atoms with Gasteiger partial charge < -0.3 is 28.4 Å². The second-order valence-electron chi connectivity index (χ2n) is 26.3. The Morgan fingerprint density at radius 2 is 0.326 bits per heavy atom. The fraction of sp³-hybridized carbons (Fsp3) is 0.698. The Bertz CT molecular complexity index is 2330. The summed E-state index contributed by atoms with van der Waals surface area (Å²) in [5.74, 6) is 24.3. The Hall–Kier alpha value is -5.30. The smallest absolute Gasteiger partial charge is 0.136 e. The van der Waals surface area contributed by atoms with Crippen LogP contribution in [0.25, 0.3) is 0 Å². The van der Waals surface area contributed by atoms with Crippen LogP contribution in [0.2, 0.25) is 0 Å². The van der Waals surface area contributed by atoms with Crippen molar-refractivity contribution in [2.75, 3.05) is 39.6 Å². The number of hydrogen-bond acceptors (Lipinski definition) is 6. The number of benzene rings is 3. The summed E-state index contributed by atoms with van der Waals surface area (Å²) in [7, 11) is 0. The van der Waals surface area contributed by atoms with E-state index in [2.05, 4.69) is 89.2 Å². The summed E-state index contributed by atoms with van der Waals surface area (Å²) >= 11 is 0. The van der Waals surface area contributed by atoms with E-state index in [0.717, 1.165) is 99.3 Å². The molecule has 514 valence electrons. The fourth-order valence-corrected chi connectivity index (χ4v) is 11.8. The first-order valence-corrected chi connectivity index (χ1v) is 38.7. The van der Waals surface area contributed by atoms with E-state index in [1.165, 1.54) is 231 Å². The maximum absolute atomic E-state index is 6.86. The molecule has 0 unspecified atom stereocenters. The monoisotopic (exact) mass is 1260 g/mol. The SMILES string of the molecule is C#Cc1cc(OCCCCCCCCCC)c(C#Cc2cc(OCCCCCCCCCC)c(C#Cc3cc(OCCCCCCCCCC)c(C#C)cc3OCCCCCCCCCC)cc2OCCCCCCCCCC)cc1OCCCCCCCCCC. The molecule has 0 spiro atoms. The molecule has 0 atom stereocenters. The van der Waals surface area contributed by atoms with Crippen molar-refractivity contribution >= 4 is 0 Å². The van der Waals surface area contributed by atoms with E-state index in [-0.39, 0.29) is 0 Å². The third kappa shape index (κ3) is 39.4. The zero-order valence-corrected chi connectivity index (χ0v) is 60.3. The molecule has 0 radical (unpaired) electrons. The van der Waals surface area contributed by atoms with Crippen molar-refractivity contribution in [2.24, 2.45) is 0 Å². The van der Waals surface area contributed by atoms with Crippen molar-refractivity contribution in [1.29, 1.82) is 0 Å². The number of rotatable bonds is 60. The van der Waals surface area contributed by atoms with Crippen molar-refractivity contribution in [2.45, 2.75) is 350 Å². The molecule has 0 N–H and O–H groups in total. The third-order valence-electron chi connectivity index (χ3n) is 17.8. The molecular formula is C86H134O6.